The molecule has 22 heavy (non-hydrogen) atoms. The topological polar surface area (TPSA) is 26.7 Å². The van der Waals surface area contributed by atoms with E-state index in [1.165, 1.54) is 12.8 Å². The Morgan fingerprint density at radius 2 is 1.86 bits per heavy atom. The average Bonchev–Trinajstić information content (AvgIpc) is 2.95. The zero-order valence-corrected chi connectivity index (χ0v) is 13.5. The average molecular weight is 306 g/mol. The molecule has 1 aromatic carbocycles. The lowest BCUT2D eigenvalue weighted by atomic mass is 9.92. The third-order valence-corrected chi connectivity index (χ3v) is 4.95. The fourth-order valence-corrected chi connectivity index (χ4v) is 3.89. The smallest absolute Gasteiger partial charge is 0.127 e. The van der Waals surface area contributed by atoms with Crippen molar-refractivity contribution in [1.82, 2.24) is 9.80 Å². The van der Waals surface area contributed by atoms with E-state index in [2.05, 4.69) is 9.80 Å². The van der Waals surface area contributed by atoms with E-state index in [1.807, 2.05) is 13.0 Å². The van der Waals surface area contributed by atoms with Gasteiger partial charge in [0.15, 0.2) is 0 Å². The Kier molecular flexibility index (Phi) is 4.81. The second kappa shape index (κ2) is 6.65. The molecule has 2 saturated heterocycles. The maximum absolute atomic E-state index is 13.9. The van der Waals surface area contributed by atoms with Crippen LogP contribution in [0.3, 0.4) is 0 Å². The zero-order chi connectivity index (χ0) is 15.6. The maximum Gasteiger partial charge on any atom is 0.127 e. The molecule has 1 aromatic rings. The van der Waals surface area contributed by atoms with E-state index in [1.54, 1.807) is 12.1 Å². The number of benzene rings is 1. The summed E-state index contributed by atoms with van der Waals surface area (Å²) < 4.78 is 13.9. The van der Waals surface area contributed by atoms with Crippen molar-refractivity contribution < 1.29 is 9.50 Å². The van der Waals surface area contributed by atoms with Crippen molar-refractivity contribution in [3.8, 4) is 0 Å². The molecule has 1 N–H and O–H groups in total. The van der Waals surface area contributed by atoms with Gasteiger partial charge in [-0.3, -0.25) is 4.90 Å². The Morgan fingerprint density at radius 1 is 1.14 bits per heavy atom. The molecule has 0 aliphatic carbocycles. The summed E-state index contributed by atoms with van der Waals surface area (Å²) in [5.74, 6) is -0.140. The van der Waals surface area contributed by atoms with Gasteiger partial charge in [-0.2, -0.15) is 0 Å². The lowest BCUT2D eigenvalue weighted by Crippen LogP contribution is -2.53. The monoisotopic (exact) mass is 306 g/mol. The quantitative estimate of drug-likeness (QED) is 0.926. The molecule has 122 valence electrons. The van der Waals surface area contributed by atoms with Crippen molar-refractivity contribution in [1.29, 1.82) is 0 Å². The molecule has 4 heteroatoms. The number of nitrogens with zero attached hydrogens (tertiary/aromatic N) is 2. The van der Waals surface area contributed by atoms with Gasteiger partial charge in [0.2, 0.25) is 0 Å². The molecule has 0 radical (unpaired) electrons. The third-order valence-electron chi connectivity index (χ3n) is 4.95. The van der Waals surface area contributed by atoms with Gasteiger partial charge in [0.1, 0.15) is 5.82 Å². The van der Waals surface area contributed by atoms with Gasteiger partial charge in [0.05, 0.1) is 5.60 Å². The van der Waals surface area contributed by atoms with Crippen LogP contribution in [0.15, 0.2) is 18.2 Å². The van der Waals surface area contributed by atoms with Crippen molar-refractivity contribution >= 4 is 0 Å². The molecule has 2 heterocycles. The fourth-order valence-electron chi connectivity index (χ4n) is 3.89. The van der Waals surface area contributed by atoms with E-state index in [9.17, 15) is 9.50 Å². The SMILES string of the molecule is Cc1ccc(F)c(CN2CCCC(O)(CN3CCCC3)C2)c1. The minimum Gasteiger partial charge on any atom is -0.387 e. The standard InChI is InChI=1S/C18H27FN2O/c1-15-5-6-17(19)16(11-15)12-21-10-4-7-18(22,14-21)13-20-8-2-3-9-20/h5-6,11,22H,2-4,7-10,12-14H2,1H3. The summed E-state index contributed by atoms with van der Waals surface area (Å²) in [6, 6.07) is 5.27. The van der Waals surface area contributed by atoms with E-state index in [0.717, 1.165) is 50.1 Å². The molecule has 0 spiro atoms. The zero-order valence-electron chi connectivity index (χ0n) is 13.5. The van der Waals surface area contributed by atoms with Crippen molar-refractivity contribution in [2.45, 2.75) is 44.8 Å². The van der Waals surface area contributed by atoms with Gasteiger partial charge in [-0.1, -0.05) is 17.7 Å². The van der Waals surface area contributed by atoms with Crippen molar-refractivity contribution in [3.05, 3.63) is 35.1 Å². The van der Waals surface area contributed by atoms with E-state index in [-0.39, 0.29) is 5.82 Å². The largest absolute Gasteiger partial charge is 0.387 e. The van der Waals surface area contributed by atoms with Gasteiger partial charge in [0.25, 0.3) is 0 Å². The van der Waals surface area contributed by atoms with Crippen LogP contribution in [0.5, 0.6) is 0 Å². The van der Waals surface area contributed by atoms with Crippen LogP contribution in [-0.2, 0) is 6.54 Å². The van der Waals surface area contributed by atoms with E-state index in [4.69, 9.17) is 0 Å². The van der Waals surface area contributed by atoms with Crippen LogP contribution in [0.25, 0.3) is 0 Å². The predicted molar refractivity (Wildman–Crippen MR) is 86.3 cm³/mol. The normalized spacial score (nSPS) is 27.4. The van der Waals surface area contributed by atoms with Crippen LogP contribution in [0.2, 0.25) is 0 Å². The molecule has 0 bridgehead atoms. The van der Waals surface area contributed by atoms with Crippen LogP contribution < -0.4 is 0 Å². The minimum absolute atomic E-state index is 0.140. The number of rotatable bonds is 4. The van der Waals surface area contributed by atoms with Gasteiger partial charge in [-0.15, -0.1) is 0 Å². The Hall–Kier alpha value is -0.970. The molecule has 1 atom stereocenters. The molecule has 0 amide bonds. The lowest BCUT2D eigenvalue weighted by molar-refractivity contribution is -0.0521. The first-order chi connectivity index (χ1) is 10.5. The highest BCUT2D eigenvalue weighted by Gasteiger charge is 2.35. The summed E-state index contributed by atoms with van der Waals surface area (Å²) >= 11 is 0. The number of hydrogen-bond acceptors (Lipinski definition) is 3. The van der Waals surface area contributed by atoms with Crippen LogP contribution in [0.1, 0.15) is 36.8 Å². The van der Waals surface area contributed by atoms with Gasteiger partial charge >= 0.3 is 0 Å². The number of halogens is 1. The number of aryl methyl sites for hydroxylation is 1. The van der Waals surface area contributed by atoms with Crippen molar-refractivity contribution in [2.24, 2.45) is 0 Å². The van der Waals surface area contributed by atoms with E-state index >= 15 is 0 Å². The van der Waals surface area contributed by atoms with Gasteiger partial charge < -0.3 is 10.0 Å². The Balaban J connectivity index is 1.63. The first-order valence-corrected chi connectivity index (χ1v) is 8.46. The van der Waals surface area contributed by atoms with Crippen LogP contribution in [0.4, 0.5) is 4.39 Å². The van der Waals surface area contributed by atoms with E-state index in [0.29, 0.717) is 13.1 Å². The molecule has 0 aromatic heterocycles. The highest BCUT2D eigenvalue weighted by molar-refractivity contribution is 5.24. The molecular weight excluding hydrogens is 279 g/mol. The summed E-state index contributed by atoms with van der Waals surface area (Å²) in [6.07, 6.45) is 4.33. The number of hydrogen-bond donors (Lipinski definition) is 1. The summed E-state index contributed by atoms with van der Waals surface area (Å²) in [5.41, 5.74) is 1.19. The second-order valence-electron chi connectivity index (χ2n) is 7.12. The fraction of sp³-hybridized carbons (Fsp3) is 0.667. The van der Waals surface area contributed by atoms with Gasteiger partial charge in [-0.05, 0) is 58.3 Å². The maximum atomic E-state index is 13.9. The molecule has 2 aliphatic rings. The number of β-amino-alcohol motifs (C(OH)–C–C–N with tert-alkyl or cyclic N) is 1. The van der Waals surface area contributed by atoms with E-state index < -0.39 is 5.60 Å². The number of likely N-dealkylation sites (tertiary alicyclic amines) is 2. The third kappa shape index (κ3) is 3.86. The summed E-state index contributed by atoms with van der Waals surface area (Å²) in [7, 11) is 0. The molecule has 3 nitrogen and oxygen atoms in total. The van der Waals surface area contributed by atoms with Crippen molar-refractivity contribution in [3.63, 3.8) is 0 Å². The summed E-state index contributed by atoms with van der Waals surface area (Å²) in [5, 5.41) is 10.9. The Morgan fingerprint density at radius 3 is 2.64 bits per heavy atom. The molecule has 3 rings (SSSR count). The molecule has 1 unspecified atom stereocenters. The van der Waals surface area contributed by atoms with Crippen LogP contribution >= 0.6 is 0 Å². The lowest BCUT2D eigenvalue weighted by Gasteiger charge is -2.41. The minimum atomic E-state index is -0.636. The van der Waals surface area contributed by atoms with Crippen LogP contribution in [-0.4, -0.2) is 53.2 Å². The first-order valence-electron chi connectivity index (χ1n) is 8.46. The first kappa shape index (κ1) is 15.9. The predicted octanol–water partition coefficient (Wildman–Crippen LogP) is 2.56. The molecule has 2 aliphatic heterocycles. The van der Waals surface area contributed by atoms with Crippen LogP contribution in [0, 0.1) is 12.7 Å². The Bertz CT molecular complexity index is 516. The van der Waals surface area contributed by atoms with Gasteiger partial charge in [-0.25, -0.2) is 4.39 Å². The highest BCUT2D eigenvalue weighted by atomic mass is 19.1. The molecule has 0 saturated carbocycles. The number of aliphatic hydroxyl groups is 1. The summed E-state index contributed by atoms with van der Waals surface area (Å²) in [4.78, 5) is 4.58. The highest BCUT2D eigenvalue weighted by Crippen LogP contribution is 2.25. The number of piperidine rings is 1. The van der Waals surface area contributed by atoms with Gasteiger partial charge in [0, 0.05) is 25.2 Å². The molecule has 2 fully saturated rings. The second-order valence-corrected chi connectivity index (χ2v) is 7.12. The van der Waals surface area contributed by atoms with Crippen molar-refractivity contribution in [2.75, 3.05) is 32.7 Å². The summed E-state index contributed by atoms with van der Waals surface area (Å²) in [6.45, 7) is 7.15. The Labute approximate surface area is 132 Å². The molecular formula is C18H27FN2O.